The molecule has 0 amide bonds. The summed E-state index contributed by atoms with van der Waals surface area (Å²) >= 11 is 1.05. The Balaban J connectivity index is 1.68. The van der Waals surface area contributed by atoms with E-state index in [0.717, 1.165) is 16.3 Å². The number of benzene rings is 1. The first kappa shape index (κ1) is 18.8. The fourth-order valence-corrected chi connectivity index (χ4v) is 3.02. The van der Waals surface area contributed by atoms with Gasteiger partial charge in [0.15, 0.2) is 5.78 Å². The van der Waals surface area contributed by atoms with Crippen LogP contribution in [0, 0.1) is 12.7 Å². The van der Waals surface area contributed by atoms with Crippen molar-refractivity contribution in [1.29, 1.82) is 0 Å². The number of H-pyrrole nitrogens is 1. The van der Waals surface area contributed by atoms with Crippen molar-refractivity contribution in [2.24, 2.45) is 7.05 Å². The first-order chi connectivity index (χ1) is 12.8. The van der Waals surface area contributed by atoms with E-state index in [1.165, 1.54) is 31.3 Å². The van der Waals surface area contributed by atoms with Crippen LogP contribution in [-0.2, 0) is 13.5 Å². The number of hydrogen-bond acceptors (Lipinski definition) is 7. The Hall–Kier alpha value is -3.01. The number of carbonyl (C=O) groups excluding carboxylic acids is 1. The van der Waals surface area contributed by atoms with Gasteiger partial charge in [-0.15, -0.1) is 10.2 Å². The highest BCUT2D eigenvalue weighted by Crippen LogP contribution is 2.19. The number of aromatic nitrogens is 4. The summed E-state index contributed by atoms with van der Waals surface area (Å²) < 4.78 is 19.3. The van der Waals surface area contributed by atoms with Gasteiger partial charge in [0, 0.05) is 23.9 Å². The van der Waals surface area contributed by atoms with Crippen LogP contribution in [0.2, 0.25) is 0 Å². The molecule has 2 heterocycles. The van der Waals surface area contributed by atoms with Crippen molar-refractivity contribution < 1.29 is 13.6 Å². The van der Waals surface area contributed by atoms with Gasteiger partial charge >= 0.3 is 5.69 Å². The van der Waals surface area contributed by atoms with E-state index >= 15 is 0 Å². The SMILES string of the molecule is Cc1[nH]c(=O)n(C)c(=O)c1Cc1nnc(SCC(=O)c2ccc(F)cc2)o1. The predicted octanol–water partition coefficient (Wildman–Crippen LogP) is 1.47. The van der Waals surface area contributed by atoms with Gasteiger partial charge in [-0.1, -0.05) is 11.8 Å². The van der Waals surface area contributed by atoms with Gasteiger partial charge in [-0.2, -0.15) is 0 Å². The van der Waals surface area contributed by atoms with E-state index in [2.05, 4.69) is 15.2 Å². The first-order valence-electron chi connectivity index (χ1n) is 7.88. The van der Waals surface area contributed by atoms with Crippen LogP contribution in [-0.4, -0.2) is 31.3 Å². The molecular weight excluding hydrogens is 375 g/mol. The summed E-state index contributed by atoms with van der Waals surface area (Å²) in [5, 5.41) is 7.89. The lowest BCUT2D eigenvalue weighted by Crippen LogP contribution is -2.36. The minimum Gasteiger partial charge on any atom is -0.416 e. The molecule has 10 heteroatoms. The van der Waals surface area contributed by atoms with Crippen molar-refractivity contribution >= 4 is 17.5 Å². The highest BCUT2D eigenvalue weighted by Gasteiger charge is 2.15. The first-order valence-corrected chi connectivity index (χ1v) is 8.86. The zero-order chi connectivity index (χ0) is 19.6. The molecule has 0 aliphatic heterocycles. The monoisotopic (exact) mass is 390 g/mol. The quantitative estimate of drug-likeness (QED) is 0.501. The molecule has 0 spiro atoms. The van der Waals surface area contributed by atoms with Crippen LogP contribution in [0.1, 0.15) is 27.5 Å². The molecule has 3 rings (SSSR count). The van der Waals surface area contributed by atoms with Crippen LogP contribution in [0.5, 0.6) is 0 Å². The Bertz CT molecular complexity index is 1100. The van der Waals surface area contributed by atoms with Crippen LogP contribution in [0.25, 0.3) is 0 Å². The number of Topliss-reactive ketones (excluding diaryl/α,β-unsaturated/α-hetero) is 1. The number of hydrogen-bond donors (Lipinski definition) is 1. The fourth-order valence-electron chi connectivity index (χ4n) is 2.35. The van der Waals surface area contributed by atoms with E-state index in [9.17, 15) is 18.8 Å². The summed E-state index contributed by atoms with van der Waals surface area (Å²) in [6.07, 6.45) is 0.0642. The van der Waals surface area contributed by atoms with Crippen LogP contribution in [0.15, 0.2) is 43.5 Å². The van der Waals surface area contributed by atoms with Crippen LogP contribution in [0.3, 0.4) is 0 Å². The van der Waals surface area contributed by atoms with Gasteiger partial charge in [-0.25, -0.2) is 9.18 Å². The average molecular weight is 390 g/mol. The van der Waals surface area contributed by atoms with Crippen molar-refractivity contribution in [3.63, 3.8) is 0 Å². The van der Waals surface area contributed by atoms with Crippen molar-refractivity contribution in [2.75, 3.05) is 5.75 Å². The molecule has 2 aromatic heterocycles. The molecule has 0 saturated carbocycles. The third-order valence-electron chi connectivity index (χ3n) is 3.88. The number of nitrogens with zero attached hydrogens (tertiary/aromatic N) is 3. The number of carbonyl (C=O) groups is 1. The maximum absolute atomic E-state index is 12.9. The van der Waals surface area contributed by atoms with Gasteiger partial charge in [0.05, 0.1) is 12.2 Å². The molecule has 0 atom stereocenters. The second kappa shape index (κ2) is 7.70. The highest BCUT2D eigenvalue weighted by atomic mass is 32.2. The van der Waals surface area contributed by atoms with Crippen molar-refractivity contribution in [3.05, 3.63) is 73.6 Å². The summed E-state index contributed by atoms with van der Waals surface area (Å²) in [6.45, 7) is 1.62. The number of halogens is 1. The minimum atomic E-state index is -0.498. The lowest BCUT2D eigenvalue weighted by molar-refractivity contribution is 0.102. The van der Waals surface area contributed by atoms with E-state index in [4.69, 9.17) is 4.42 Å². The molecular formula is C17H15FN4O4S. The van der Waals surface area contributed by atoms with Gasteiger partial charge < -0.3 is 9.40 Å². The molecule has 1 N–H and O–H groups in total. The molecule has 0 radical (unpaired) electrons. The number of aromatic amines is 1. The standard InChI is InChI=1S/C17H15FN4O4S/c1-9-12(15(24)22(2)16(25)19-9)7-14-20-21-17(26-14)27-8-13(23)10-3-5-11(18)6-4-10/h3-6H,7-8H2,1-2H3,(H,19,25). The van der Waals surface area contributed by atoms with Crippen molar-refractivity contribution in [3.8, 4) is 0 Å². The summed E-state index contributed by atoms with van der Waals surface area (Å²) in [5.74, 6) is -0.374. The van der Waals surface area contributed by atoms with Gasteiger partial charge in [-0.05, 0) is 31.2 Å². The van der Waals surface area contributed by atoms with E-state index in [1.807, 2.05) is 0 Å². The molecule has 3 aromatic rings. The number of ketones is 1. The third kappa shape index (κ3) is 4.22. The predicted molar refractivity (Wildman–Crippen MR) is 95.6 cm³/mol. The maximum Gasteiger partial charge on any atom is 0.328 e. The molecule has 0 unspecified atom stereocenters. The highest BCUT2D eigenvalue weighted by molar-refractivity contribution is 7.99. The fraction of sp³-hybridized carbons (Fsp3) is 0.235. The zero-order valence-corrected chi connectivity index (χ0v) is 15.3. The van der Waals surface area contributed by atoms with Gasteiger partial charge in [0.2, 0.25) is 5.89 Å². The van der Waals surface area contributed by atoms with Crippen LogP contribution in [0.4, 0.5) is 4.39 Å². The summed E-state index contributed by atoms with van der Waals surface area (Å²) in [7, 11) is 1.38. The second-order valence-electron chi connectivity index (χ2n) is 5.76. The molecule has 1 aromatic carbocycles. The molecule has 0 saturated heterocycles. The second-order valence-corrected chi connectivity index (χ2v) is 6.68. The Morgan fingerprint density at radius 3 is 2.67 bits per heavy atom. The van der Waals surface area contributed by atoms with Crippen molar-refractivity contribution in [2.45, 2.75) is 18.6 Å². The van der Waals surface area contributed by atoms with E-state index in [-0.39, 0.29) is 29.1 Å². The molecule has 0 bridgehead atoms. The summed E-state index contributed by atoms with van der Waals surface area (Å²) in [4.78, 5) is 38.4. The molecule has 0 aliphatic carbocycles. The third-order valence-corrected chi connectivity index (χ3v) is 4.70. The van der Waals surface area contributed by atoms with Crippen LogP contribution >= 0.6 is 11.8 Å². The summed E-state index contributed by atoms with van der Waals surface area (Å²) in [5.41, 5.74) is 0.232. The van der Waals surface area contributed by atoms with Gasteiger partial charge in [0.1, 0.15) is 5.82 Å². The van der Waals surface area contributed by atoms with Gasteiger partial charge in [-0.3, -0.25) is 14.2 Å². The largest absolute Gasteiger partial charge is 0.416 e. The Morgan fingerprint density at radius 1 is 1.26 bits per heavy atom. The van der Waals surface area contributed by atoms with Crippen LogP contribution < -0.4 is 11.2 Å². The number of thioether (sulfide) groups is 1. The molecule has 27 heavy (non-hydrogen) atoms. The molecule has 0 aliphatic rings. The smallest absolute Gasteiger partial charge is 0.328 e. The number of nitrogens with one attached hydrogen (secondary N) is 1. The average Bonchev–Trinajstić information content (AvgIpc) is 3.10. The minimum absolute atomic E-state index is 0.0483. The Kier molecular flexibility index (Phi) is 5.36. The lowest BCUT2D eigenvalue weighted by Gasteiger charge is -2.04. The van der Waals surface area contributed by atoms with Gasteiger partial charge in [0.25, 0.3) is 10.8 Å². The molecule has 0 fully saturated rings. The van der Waals surface area contributed by atoms with E-state index < -0.39 is 17.1 Å². The molecule has 140 valence electrons. The Labute approximate surface area is 156 Å². The van der Waals surface area contributed by atoms with E-state index in [0.29, 0.717) is 16.8 Å². The maximum atomic E-state index is 12.9. The van der Waals surface area contributed by atoms with Crippen molar-refractivity contribution in [1.82, 2.24) is 19.7 Å². The zero-order valence-electron chi connectivity index (χ0n) is 14.5. The topological polar surface area (TPSA) is 111 Å². The molecule has 8 nitrogen and oxygen atoms in total. The number of rotatable bonds is 6. The number of aryl methyl sites for hydroxylation is 1. The lowest BCUT2D eigenvalue weighted by atomic mass is 10.1. The normalized spacial score (nSPS) is 10.9. The summed E-state index contributed by atoms with van der Waals surface area (Å²) in [6, 6.07) is 5.25. The Morgan fingerprint density at radius 2 is 1.96 bits per heavy atom. The van der Waals surface area contributed by atoms with E-state index in [1.54, 1.807) is 6.92 Å².